The average Bonchev–Trinajstić information content (AvgIpc) is 3.56. The van der Waals surface area contributed by atoms with E-state index in [0.29, 0.717) is 42.5 Å². The summed E-state index contributed by atoms with van der Waals surface area (Å²) in [5, 5.41) is 6.18. The zero-order valence-electron chi connectivity index (χ0n) is 23.1. The maximum atomic E-state index is 14.6. The summed E-state index contributed by atoms with van der Waals surface area (Å²) in [6.07, 6.45) is -6.99. The van der Waals surface area contributed by atoms with Gasteiger partial charge in [0.25, 0.3) is 11.5 Å². The summed E-state index contributed by atoms with van der Waals surface area (Å²) >= 11 is 19.1. The molecule has 5 nitrogen and oxygen atoms in total. The van der Waals surface area contributed by atoms with Crippen molar-refractivity contribution in [2.75, 3.05) is 0 Å². The van der Waals surface area contributed by atoms with Crippen LogP contribution in [0, 0.1) is 5.92 Å². The molecule has 44 heavy (non-hydrogen) atoms. The van der Waals surface area contributed by atoms with E-state index in [1.165, 1.54) is 0 Å². The number of carbonyl (C=O) groups excluding carboxylic acids is 2. The second kappa shape index (κ2) is 12.6. The fourth-order valence-corrected chi connectivity index (χ4v) is 8.08. The van der Waals surface area contributed by atoms with Crippen LogP contribution >= 0.6 is 46.1 Å². The summed E-state index contributed by atoms with van der Waals surface area (Å²) in [6.45, 7) is 0. The number of nitrogens with one attached hydrogen (secondary N) is 1. The lowest BCUT2D eigenvalue weighted by atomic mass is 9.81. The van der Waals surface area contributed by atoms with Crippen LogP contribution in [0.15, 0.2) is 17.3 Å². The first-order valence-electron chi connectivity index (χ1n) is 14.1. The fraction of sp³-hybridized carbons (Fsp3) is 0.552. The summed E-state index contributed by atoms with van der Waals surface area (Å²) in [4.78, 5) is 32.4. The van der Waals surface area contributed by atoms with E-state index >= 15 is 0 Å². The number of Topliss-reactive ketones (excluding diaryl/α,β-unsaturated/α-hetero) is 1. The van der Waals surface area contributed by atoms with Crippen molar-refractivity contribution in [1.29, 1.82) is 0 Å². The van der Waals surface area contributed by atoms with Gasteiger partial charge in [-0.2, -0.15) is 26.3 Å². The smallest absolute Gasteiger partial charge is 0.374 e. The normalized spacial score (nSPS) is 24.1. The maximum absolute atomic E-state index is 14.6. The summed E-state index contributed by atoms with van der Waals surface area (Å²) in [6, 6.07) is 1.24. The molecule has 15 heteroatoms. The van der Waals surface area contributed by atoms with Crippen LogP contribution in [-0.4, -0.2) is 35.8 Å². The van der Waals surface area contributed by atoms with E-state index in [4.69, 9.17) is 39.6 Å². The molecule has 1 amide bonds. The molecule has 0 bridgehead atoms. The second-order valence-electron chi connectivity index (χ2n) is 11.4. The van der Waals surface area contributed by atoms with Crippen LogP contribution in [0.5, 0.6) is 0 Å². The number of fused-ring (bicyclic) bond motifs is 1. The van der Waals surface area contributed by atoms with Crippen molar-refractivity contribution in [3.05, 3.63) is 53.6 Å². The molecular weight excluding hydrogens is 677 g/mol. The molecule has 3 atom stereocenters. The molecule has 1 fully saturated rings. The van der Waals surface area contributed by atoms with Gasteiger partial charge in [-0.3, -0.25) is 9.59 Å². The topological polar surface area (TPSA) is 67.8 Å². The lowest BCUT2D eigenvalue weighted by molar-refractivity contribution is -0.275. The number of hydrogen-bond acceptors (Lipinski definition) is 5. The number of oxime groups is 1. The highest BCUT2D eigenvalue weighted by atomic mass is 35.5. The van der Waals surface area contributed by atoms with E-state index in [0.717, 1.165) is 41.9 Å². The minimum Gasteiger partial charge on any atom is -0.374 e. The third-order valence-corrected chi connectivity index (χ3v) is 11.0. The average molecular weight is 704 g/mol. The number of rotatable bonds is 7. The monoisotopic (exact) mass is 702 g/mol. The summed E-state index contributed by atoms with van der Waals surface area (Å²) in [7, 11) is 0. The quantitative estimate of drug-likeness (QED) is 0.231. The molecule has 3 aliphatic rings. The van der Waals surface area contributed by atoms with Gasteiger partial charge in [-0.25, -0.2) is 0 Å². The van der Waals surface area contributed by atoms with Crippen molar-refractivity contribution in [1.82, 2.24) is 5.32 Å². The third kappa shape index (κ3) is 6.59. The van der Waals surface area contributed by atoms with Gasteiger partial charge < -0.3 is 10.2 Å². The van der Waals surface area contributed by atoms with Crippen LogP contribution in [0.1, 0.15) is 89.0 Å². The van der Waals surface area contributed by atoms with Crippen molar-refractivity contribution >= 4 is 63.5 Å². The number of thiophene rings is 1. The fourth-order valence-electron chi connectivity index (χ4n) is 6.20. The number of nitrogens with zero attached hydrogens (tertiary/aromatic N) is 1. The Morgan fingerprint density at radius 1 is 1.02 bits per heavy atom. The Morgan fingerprint density at radius 2 is 1.68 bits per heavy atom. The zero-order chi connectivity index (χ0) is 32.0. The number of hydrogen-bond donors (Lipinski definition) is 1. The molecule has 0 spiro atoms. The lowest BCUT2D eigenvalue weighted by Gasteiger charge is -2.30. The Kier molecular flexibility index (Phi) is 9.58. The highest BCUT2D eigenvalue weighted by Gasteiger charge is 2.63. The second-order valence-corrected chi connectivity index (χ2v) is 13.6. The summed E-state index contributed by atoms with van der Waals surface area (Å²) in [5.74, 6) is -1.40. The molecule has 3 unspecified atom stereocenters. The van der Waals surface area contributed by atoms with Crippen LogP contribution in [0.2, 0.25) is 15.1 Å². The minimum atomic E-state index is -4.92. The first kappa shape index (κ1) is 33.3. The van der Waals surface area contributed by atoms with E-state index < -0.39 is 48.7 Å². The van der Waals surface area contributed by atoms with E-state index in [-0.39, 0.29) is 49.8 Å². The third-order valence-electron chi connectivity index (χ3n) is 8.43. The minimum absolute atomic E-state index is 0.0187. The van der Waals surface area contributed by atoms with Crippen LogP contribution in [0.3, 0.4) is 0 Å². The Bertz CT molecular complexity index is 1470. The first-order valence-corrected chi connectivity index (χ1v) is 16.1. The van der Waals surface area contributed by atoms with Crippen LogP contribution < -0.4 is 5.32 Å². The molecule has 0 saturated heterocycles. The van der Waals surface area contributed by atoms with E-state index in [1.54, 1.807) is 0 Å². The lowest BCUT2D eigenvalue weighted by Crippen LogP contribution is -2.46. The molecule has 1 aromatic heterocycles. The predicted molar refractivity (Wildman–Crippen MR) is 156 cm³/mol. The van der Waals surface area contributed by atoms with Gasteiger partial charge in [-0.1, -0.05) is 46.4 Å². The molecule has 240 valence electrons. The molecule has 1 saturated carbocycles. The largest absolute Gasteiger partial charge is 0.435 e. The molecule has 1 N–H and O–H groups in total. The Morgan fingerprint density at radius 3 is 2.32 bits per heavy atom. The van der Waals surface area contributed by atoms with Crippen molar-refractivity contribution in [2.24, 2.45) is 11.1 Å². The number of benzene rings is 1. The number of ketones is 1. The standard InChI is InChI=1S/C29H27Cl3F6N2O3S/c30-18-11-15(12-19(31)22(18)32)27(29(36,37)38)13-21(40-43-27)24-16-7-1-2-8-17(16)25(44-24)26(42)39-20-9-3-5-14(23(20)41)6-4-10-28(33,34)35/h11-12,14,20H,1-10,13H2,(H,39,42). The van der Waals surface area contributed by atoms with Crippen LogP contribution in [0.4, 0.5) is 26.3 Å². The van der Waals surface area contributed by atoms with Crippen molar-refractivity contribution in [3.63, 3.8) is 0 Å². The number of carbonyl (C=O) groups is 2. The van der Waals surface area contributed by atoms with Crippen molar-refractivity contribution in [3.8, 4) is 0 Å². The highest BCUT2D eigenvalue weighted by molar-refractivity contribution is 7.16. The molecule has 1 aromatic carbocycles. The van der Waals surface area contributed by atoms with E-state index in [9.17, 15) is 35.9 Å². The van der Waals surface area contributed by atoms with Gasteiger partial charge in [0.15, 0.2) is 5.78 Å². The van der Waals surface area contributed by atoms with Crippen LogP contribution in [0.25, 0.3) is 0 Å². The van der Waals surface area contributed by atoms with E-state index in [2.05, 4.69) is 10.5 Å². The molecule has 2 aromatic rings. The van der Waals surface area contributed by atoms with E-state index in [1.807, 2.05) is 0 Å². The number of amides is 1. The Balaban J connectivity index is 1.39. The molecule has 5 rings (SSSR count). The molecule has 2 aliphatic carbocycles. The Labute approximate surface area is 268 Å². The highest BCUT2D eigenvalue weighted by Crippen LogP contribution is 2.52. The molecule has 2 heterocycles. The van der Waals surface area contributed by atoms with Gasteiger partial charge >= 0.3 is 12.4 Å². The maximum Gasteiger partial charge on any atom is 0.435 e. The van der Waals surface area contributed by atoms with Gasteiger partial charge in [0.2, 0.25) is 0 Å². The SMILES string of the molecule is O=C(NC1CCCC(CCCC(F)(F)F)C1=O)c1sc(C2=NOC(c3cc(Cl)c(Cl)c(Cl)c3)(C(F)(F)F)C2)c2c1CCCC2. The van der Waals surface area contributed by atoms with Crippen molar-refractivity contribution < 1.29 is 40.8 Å². The number of alkyl halides is 6. The van der Waals surface area contributed by atoms with Crippen molar-refractivity contribution in [2.45, 2.75) is 94.6 Å². The van der Waals surface area contributed by atoms with Gasteiger partial charge in [-0.15, -0.1) is 11.3 Å². The van der Waals surface area contributed by atoms with Crippen LogP contribution in [-0.2, 0) is 28.1 Å². The number of halogens is 9. The zero-order valence-corrected chi connectivity index (χ0v) is 26.2. The molecule has 1 aliphatic heterocycles. The predicted octanol–water partition coefficient (Wildman–Crippen LogP) is 9.37. The van der Waals surface area contributed by atoms with Gasteiger partial charge in [0.1, 0.15) is 5.71 Å². The van der Waals surface area contributed by atoms with Gasteiger partial charge in [-0.05, 0) is 74.6 Å². The first-order chi connectivity index (χ1) is 20.6. The molecular formula is C29H27Cl3F6N2O3S. The van der Waals surface area contributed by atoms with Gasteiger partial charge in [0, 0.05) is 17.9 Å². The summed E-state index contributed by atoms with van der Waals surface area (Å²) < 4.78 is 81.7. The summed E-state index contributed by atoms with van der Waals surface area (Å²) in [5.41, 5.74) is -1.82. The Hall–Kier alpha value is -2.02. The van der Waals surface area contributed by atoms with Gasteiger partial charge in [0.05, 0.1) is 37.3 Å². The molecule has 0 radical (unpaired) electrons.